The van der Waals surface area contributed by atoms with Crippen LogP contribution in [0.1, 0.15) is 12.5 Å². The highest BCUT2D eigenvalue weighted by Crippen LogP contribution is 2.12. The minimum atomic E-state index is -0.328. The fourth-order valence-electron chi connectivity index (χ4n) is 1.33. The average Bonchev–Trinajstić information content (AvgIpc) is 2.43. The molecule has 1 aromatic carbocycles. The monoisotopic (exact) mass is 258 g/mol. The molecule has 0 bridgehead atoms. The number of carbonyl (C=O) groups excluding carboxylic acids is 1. The van der Waals surface area contributed by atoms with Gasteiger partial charge in [-0.3, -0.25) is 0 Å². The number of allylic oxidation sites excluding steroid dienone is 4. The molecule has 0 saturated heterocycles. The van der Waals surface area contributed by atoms with Crippen molar-refractivity contribution in [3.05, 3.63) is 60.2 Å². The summed E-state index contributed by atoms with van der Waals surface area (Å²) in [6.45, 7) is 2.17. The number of carbonyl (C=O) groups is 1. The lowest BCUT2D eigenvalue weighted by Crippen LogP contribution is -1.98. The summed E-state index contributed by atoms with van der Waals surface area (Å²) in [5.41, 5.74) is 1.08. The number of ether oxygens (including phenoxy) is 2. The zero-order valence-corrected chi connectivity index (χ0v) is 11.2. The van der Waals surface area contributed by atoms with E-state index in [2.05, 4.69) is 0 Å². The SMILES string of the molecule is CCOC(=O)/C=C/C=C/C=C/c1ccc(OC)cc1. The van der Waals surface area contributed by atoms with Crippen LogP contribution in [0.25, 0.3) is 6.08 Å². The fourth-order valence-corrected chi connectivity index (χ4v) is 1.33. The second kappa shape index (κ2) is 8.75. The summed E-state index contributed by atoms with van der Waals surface area (Å²) in [4.78, 5) is 11.0. The van der Waals surface area contributed by atoms with Crippen molar-refractivity contribution in [3.8, 4) is 5.75 Å². The molecule has 0 amide bonds. The lowest BCUT2D eigenvalue weighted by molar-refractivity contribution is -0.137. The third-order valence-electron chi connectivity index (χ3n) is 2.26. The molecule has 0 atom stereocenters. The zero-order chi connectivity index (χ0) is 13.9. The molecule has 3 heteroatoms. The topological polar surface area (TPSA) is 35.5 Å². The fraction of sp³-hybridized carbons (Fsp3) is 0.188. The van der Waals surface area contributed by atoms with Gasteiger partial charge in [0.15, 0.2) is 0 Å². The van der Waals surface area contributed by atoms with Crippen molar-refractivity contribution in [3.63, 3.8) is 0 Å². The van der Waals surface area contributed by atoms with E-state index in [0.29, 0.717) is 6.61 Å². The molecular formula is C16H18O3. The molecular weight excluding hydrogens is 240 g/mol. The van der Waals surface area contributed by atoms with Gasteiger partial charge in [0, 0.05) is 6.08 Å². The van der Waals surface area contributed by atoms with Crippen LogP contribution >= 0.6 is 0 Å². The van der Waals surface area contributed by atoms with E-state index in [1.807, 2.05) is 42.5 Å². The van der Waals surface area contributed by atoms with Crippen molar-refractivity contribution in [1.82, 2.24) is 0 Å². The van der Waals surface area contributed by atoms with Crippen LogP contribution in [0.4, 0.5) is 0 Å². The van der Waals surface area contributed by atoms with Crippen molar-refractivity contribution in [2.45, 2.75) is 6.92 Å². The number of benzene rings is 1. The molecule has 0 N–H and O–H groups in total. The largest absolute Gasteiger partial charge is 0.497 e. The van der Waals surface area contributed by atoms with Crippen LogP contribution in [-0.4, -0.2) is 19.7 Å². The van der Waals surface area contributed by atoms with E-state index in [1.165, 1.54) is 6.08 Å². The molecule has 3 nitrogen and oxygen atoms in total. The van der Waals surface area contributed by atoms with E-state index in [1.54, 1.807) is 26.2 Å². The number of hydrogen-bond donors (Lipinski definition) is 0. The van der Waals surface area contributed by atoms with Crippen molar-refractivity contribution < 1.29 is 14.3 Å². The Hall–Kier alpha value is -2.29. The molecule has 19 heavy (non-hydrogen) atoms. The molecule has 0 aromatic heterocycles. The van der Waals surface area contributed by atoms with E-state index < -0.39 is 0 Å². The molecule has 0 aliphatic heterocycles. The predicted molar refractivity (Wildman–Crippen MR) is 76.9 cm³/mol. The minimum absolute atomic E-state index is 0.328. The smallest absolute Gasteiger partial charge is 0.330 e. The van der Waals surface area contributed by atoms with Gasteiger partial charge in [-0.15, -0.1) is 0 Å². The van der Waals surface area contributed by atoms with Gasteiger partial charge in [0.05, 0.1) is 13.7 Å². The molecule has 0 saturated carbocycles. The molecule has 0 aliphatic carbocycles. The molecule has 0 heterocycles. The van der Waals surface area contributed by atoms with Gasteiger partial charge in [0.2, 0.25) is 0 Å². The maximum Gasteiger partial charge on any atom is 0.330 e. The summed E-state index contributed by atoms with van der Waals surface area (Å²) < 4.78 is 9.83. The Morgan fingerprint density at radius 2 is 1.79 bits per heavy atom. The molecule has 1 rings (SSSR count). The number of methoxy groups -OCH3 is 1. The van der Waals surface area contributed by atoms with Crippen LogP contribution < -0.4 is 4.74 Å². The predicted octanol–water partition coefficient (Wildman–Crippen LogP) is 3.38. The van der Waals surface area contributed by atoms with E-state index in [-0.39, 0.29) is 5.97 Å². The van der Waals surface area contributed by atoms with E-state index in [0.717, 1.165) is 11.3 Å². The lowest BCUT2D eigenvalue weighted by Gasteiger charge is -1.98. The molecule has 0 radical (unpaired) electrons. The molecule has 0 unspecified atom stereocenters. The van der Waals surface area contributed by atoms with Gasteiger partial charge < -0.3 is 9.47 Å². The molecule has 1 aromatic rings. The van der Waals surface area contributed by atoms with E-state index >= 15 is 0 Å². The van der Waals surface area contributed by atoms with Crippen LogP contribution in [0, 0.1) is 0 Å². The minimum Gasteiger partial charge on any atom is -0.497 e. The highest BCUT2D eigenvalue weighted by atomic mass is 16.5. The van der Waals surface area contributed by atoms with Crippen molar-refractivity contribution in [1.29, 1.82) is 0 Å². The summed E-state index contributed by atoms with van der Waals surface area (Å²) in [5.74, 6) is 0.511. The van der Waals surface area contributed by atoms with Gasteiger partial charge in [-0.25, -0.2) is 4.79 Å². The highest BCUT2D eigenvalue weighted by Gasteiger charge is 1.90. The Morgan fingerprint density at radius 1 is 1.11 bits per heavy atom. The van der Waals surface area contributed by atoms with E-state index in [9.17, 15) is 4.79 Å². The lowest BCUT2D eigenvalue weighted by atomic mass is 10.2. The summed E-state index contributed by atoms with van der Waals surface area (Å²) in [6, 6.07) is 7.75. The second-order valence-electron chi connectivity index (χ2n) is 3.63. The normalized spacial score (nSPS) is 11.5. The standard InChI is InChI=1S/C16H18O3/c1-3-19-16(17)9-7-5-4-6-8-14-10-12-15(18-2)13-11-14/h4-13H,3H2,1-2H3/b5-4+,8-6+,9-7+. The molecule has 0 fully saturated rings. The Balaban J connectivity index is 2.42. The van der Waals surface area contributed by atoms with Crippen molar-refractivity contribution >= 4 is 12.0 Å². The first-order valence-corrected chi connectivity index (χ1v) is 6.08. The maximum atomic E-state index is 11.0. The molecule has 100 valence electrons. The summed E-state index contributed by atoms with van der Waals surface area (Å²) in [5, 5.41) is 0. The molecule has 0 spiro atoms. The number of hydrogen-bond acceptors (Lipinski definition) is 3. The number of rotatable bonds is 6. The van der Waals surface area contributed by atoms with Gasteiger partial charge in [0.25, 0.3) is 0 Å². The Morgan fingerprint density at radius 3 is 2.42 bits per heavy atom. The Labute approximate surface area is 113 Å². The van der Waals surface area contributed by atoms with Gasteiger partial charge in [-0.2, -0.15) is 0 Å². The second-order valence-corrected chi connectivity index (χ2v) is 3.63. The highest BCUT2D eigenvalue weighted by molar-refractivity contribution is 5.82. The Bertz CT molecular complexity index is 467. The maximum absolute atomic E-state index is 11.0. The average molecular weight is 258 g/mol. The van der Waals surface area contributed by atoms with Crippen LogP contribution in [0.15, 0.2) is 54.6 Å². The summed E-state index contributed by atoms with van der Waals surface area (Å²) in [6.07, 6.45) is 10.5. The van der Waals surface area contributed by atoms with E-state index in [4.69, 9.17) is 9.47 Å². The zero-order valence-electron chi connectivity index (χ0n) is 11.2. The summed E-state index contributed by atoms with van der Waals surface area (Å²) >= 11 is 0. The van der Waals surface area contributed by atoms with Crippen LogP contribution in [0.2, 0.25) is 0 Å². The van der Waals surface area contributed by atoms with Crippen LogP contribution in [-0.2, 0) is 9.53 Å². The first kappa shape index (κ1) is 14.8. The van der Waals surface area contributed by atoms with Gasteiger partial charge >= 0.3 is 5.97 Å². The van der Waals surface area contributed by atoms with Crippen molar-refractivity contribution in [2.24, 2.45) is 0 Å². The van der Waals surface area contributed by atoms with Gasteiger partial charge in [0.1, 0.15) is 5.75 Å². The quantitative estimate of drug-likeness (QED) is 0.446. The van der Waals surface area contributed by atoms with Crippen LogP contribution in [0.3, 0.4) is 0 Å². The van der Waals surface area contributed by atoms with Gasteiger partial charge in [-0.1, -0.05) is 42.5 Å². The van der Waals surface area contributed by atoms with Gasteiger partial charge in [-0.05, 0) is 24.6 Å². The third kappa shape index (κ3) is 6.27. The molecule has 0 aliphatic rings. The first-order valence-electron chi connectivity index (χ1n) is 6.08. The van der Waals surface area contributed by atoms with Crippen molar-refractivity contribution in [2.75, 3.05) is 13.7 Å². The third-order valence-corrected chi connectivity index (χ3v) is 2.26. The first-order chi connectivity index (χ1) is 9.26. The number of esters is 1. The van der Waals surface area contributed by atoms with Crippen LogP contribution in [0.5, 0.6) is 5.75 Å². The Kier molecular flexibility index (Phi) is 6.80. The summed E-state index contributed by atoms with van der Waals surface area (Å²) in [7, 11) is 1.64.